The minimum absolute atomic E-state index is 0.0165. The summed E-state index contributed by atoms with van der Waals surface area (Å²) in [6.45, 7) is 5.89. The third-order valence-electron chi connectivity index (χ3n) is 2.97. The lowest BCUT2D eigenvalue weighted by molar-refractivity contribution is -0.142. The molecule has 0 bridgehead atoms. The molecular formula is C15H18O4S. The zero-order chi connectivity index (χ0) is 14.7. The molecule has 0 radical (unpaired) electrons. The van der Waals surface area contributed by atoms with Gasteiger partial charge < -0.3 is 9.15 Å². The molecule has 2 rings (SSSR count). The molecule has 1 atom stereocenters. The summed E-state index contributed by atoms with van der Waals surface area (Å²) >= 11 is 0. The molecule has 5 heteroatoms. The van der Waals surface area contributed by atoms with Crippen molar-refractivity contribution in [1.82, 2.24) is 0 Å². The van der Waals surface area contributed by atoms with Gasteiger partial charge in [0.15, 0.2) is 0 Å². The Morgan fingerprint density at radius 2 is 2.10 bits per heavy atom. The van der Waals surface area contributed by atoms with E-state index >= 15 is 0 Å². The molecular weight excluding hydrogens is 276 g/mol. The largest absolute Gasteiger partial charge is 0.466 e. The molecule has 0 spiro atoms. The molecule has 1 aromatic carbocycles. The summed E-state index contributed by atoms with van der Waals surface area (Å²) in [5, 5.41) is 0.824. The van der Waals surface area contributed by atoms with E-state index in [9.17, 15) is 9.00 Å². The Bertz CT molecular complexity index is 657. The van der Waals surface area contributed by atoms with Crippen LogP contribution in [0.15, 0.2) is 27.5 Å². The predicted molar refractivity (Wildman–Crippen MR) is 78.2 cm³/mol. The second kappa shape index (κ2) is 6.22. The van der Waals surface area contributed by atoms with Gasteiger partial charge in [0.05, 0.1) is 22.3 Å². The van der Waals surface area contributed by atoms with Crippen molar-refractivity contribution in [1.29, 1.82) is 0 Å². The van der Waals surface area contributed by atoms with Crippen molar-refractivity contribution in [3.05, 3.63) is 29.5 Å². The van der Waals surface area contributed by atoms with Crippen molar-refractivity contribution < 1.29 is 18.2 Å². The fourth-order valence-electron chi connectivity index (χ4n) is 2.09. The van der Waals surface area contributed by atoms with Crippen molar-refractivity contribution in [3.8, 4) is 0 Å². The molecule has 20 heavy (non-hydrogen) atoms. The monoisotopic (exact) mass is 294 g/mol. The second-order valence-corrected chi connectivity index (χ2v) is 6.15. The van der Waals surface area contributed by atoms with Crippen molar-refractivity contribution in [3.63, 3.8) is 0 Å². The summed E-state index contributed by atoms with van der Waals surface area (Å²) in [7, 11) is -1.18. The molecule has 108 valence electrons. The highest BCUT2D eigenvalue weighted by atomic mass is 32.2. The molecule has 0 aliphatic rings. The zero-order valence-electron chi connectivity index (χ0n) is 11.9. The van der Waals surface area contributed by atoms with E-state index in [4.69, 9.17) is 9.15 Å². The first-order valence-corrected chi connectivity index (χ1v) is 7.94. The Morgan fingerprint density at radius 3 is 2.75 bits per heavy atom. The van der Waals surface area contributed by atoms with Gasteiger partial charge in [-0.2, -0.15) is 0 Å². The van der Waals surface area contributed by atoms with Crippen LogP contribution in [0.1, 0.15) is 25.2 Å². The molecule has 0 saturated heterocycles. The van der Waals surface area contributed by atoms with Crippen LogP contribution in [-0.4, -0.2) is 22.5 Å². The van der Waals surface area contributed by atoms with Crippen molar-refractivity contribution >= 4 is 27.7 Å². The highest BCUT2D eigenvalue weighted by molar-refractivity contribution is 7.85. The van der Waals surface area contributed by atoms with E-state index in [1.165, 1.54) is 0 Å². The fourth-order valence-corrected chi connectivity index (χ4v) is 3.15. The highest BCUT2D eigenvalue weighted by Gasteiger charge is 2.21. The fraction of sp³-hybridized carbons (Fsp3) is 0.400. The summed E-state index contributed by atoms with van der Waals surface area (Å²) in [6.07, 6.45) is 0.0165. The molecule has 0 N–H and O–H groups in total. The van der Waals surface area contributed by atoms with E-state index < -0.39 is 10.8 Å². The molecule has 0 aliphatic heterocycles. The minimum Gasteiger partial charge on any atom is -0.466 e. The number of fused-ring (bicyclic) bond motifs is 1. The van der Waals surface area contributed by atoms with E-state index in [1.54, 1.807) is 6.92 Å². The second-order valence-electron chi connectivity index (χ2n) is 4.47. The van der Waals surface area contributed by atoms with E-state index in [0.29, 0.717) is 28.6 Å². The van der Waals surface area contributed by atoms with Gasteiger partial charge >= 0.3 is 5.97 Å². The Hall–Kier alpha value is -1.62. The Morgan fingerprint density at radius 1 is 1.35 bits per heavy atom. The first-order chi connectivity index (χ1) is 9.56. The Balaban J connectivity index is 2.52. The third-order valence-corrected chi connectivity index (χ3v) is 4.39. The first kappa shape index (κ1) is 14.8. The van der Waals surface area contributed by atoms with Crippen LogP contribution in [0, 0.1) is 6.92 Å². The molecule has 0 aliphatic carbocycles. The molecule has 2 aromatic rings. The van der Waals surface area contributed by atoms with Gasteiger partial charge in [-0.05, 0) is 26.0 Å². The maximum absolute atomic E-state index is 12.3. The van der Waals surface area contributed by atoms with Gasteiger partial charge in [-0.1, -0.05) is 18.6 Å². The average Bonchev–Trinajstić information content (AvgIpc) is 2.75. The number of hydrogen-bond donors (Lipinski definition) is 0. The topological polar surface area (TPSA) is 56.5 Å². The summed E-state index contributed by atoms with van der Waals surface area (Å²) in [6, 6.07) is 5.71. The minimum atomic E-state index is -1.18. The number of furan rings is 1. The molecule has 1 heterocycles. The quantitative estimate of drug-likeness (QED) is 0.796. The maximum atomic E-state index is 12.3. The standard InChI is InChI=1S/C15H18O4S/c1-4-18-14(16)9-13-15(20(17)5-2)11-8-10(3)6-7-12(11)19-13/h6-8H,4-5,9H2,1-3H3/t20-/m1/s1. The lowest BCUT2D eigenvalue weighted by Gasteiger charge is -2.02. The molecule has 4 nitrogen and oxygen atoms in total. The lowest BCUT2D eigenvalue weighted by atomic mass is 10.2. The van der Waals surface area contributed by atoms with Gasteiger partial charge in [0, 0.05) is 11.1 Å². The van der Waals surface area contributed by atoms with Crippen molar-refractivity contribution in [2.24, 2.45) is 0 Å². The van der Waals surface area contributed by atoms with Gasteiger partial charge in [0.2, 0.25) is 0 Å². The Labute approximate surface area is 120 Å². The van der Waals surface area contributed by atoms with Crippen LogP contribution >= 0.6 is 0 Å². The smallest absolute Gasteiger partial charge is 0.313 e. The van der Waals surface area contributed by atoms with E-state index in [2.05, 4.69) is 0 Å². The normalized spacial score (nSPS) is 12.6. The summed E-state index contributed by atoms with van der Waals surface area (Å²) in [4.78, 5) is 12.3. The third kappa shape index (κ3) is 2.93. The maximum Gasteiger partial charge on any atom is 0.313 e. The average molecular weight is 294 g/mol. The molecule has 1 aromatic heterocycles. The van der Waals surface area contributed by atoms with Gasteiger partial charge in [-0.15, -0.1) is 0 Å². The van der Waals surface area contributed by atoms with Crippen LogP contribution in [0.2, 0.25) is 0 Å². The van der Waals surface area contributed by atoms with Crippen molar-refractivity contribution in [2.45, 2.75) is 32.1 Å². The molecule has 0 fully saturated rings. The SMILES string of the molecule is CCOC(=O)Cc1oc2ccc(C)cc2c1[S@](=O)CC. The summed E-state index contributed by atoms with van der Waals surface area (Å²) in [5.41, 5.74) is 1.72. The number of rotatable bonds is 5. The molecule has 0 unspecified atom stereocenters. The van der Waals surface area contributed by atoms with Crippen LogP contribution < -0.4 is 0 Å². The number of aryl methyl sites for hydroxylation is 1. The van der Waals surface area contributed by atoms with Crippen molar-refractivity contribution in [2.75, 3.05) is 12.4 Å². The number of ether oxygens (including phenoxy) is 1. The molecule has 0 amide bonds. The number of benzene rings is 1. The number of carbonyl (C=O) groups is 1. The van der Waals surface area contributed by atoms with Gasteiger partial charge in [-0.25, -0.2) is 0 Å². The number of hydrogen-bond acceptors (Lipinski definition) is 4. The van der Waals surface area contributed by atoms with Crippen LogP contribution in [0.4, 0.5) is 0 Å². The highest BCUT2D eigenvalue weighted by Crippen LogP contribution is 2.30. The number of esters is 1. The summed E-state index contributed by atoms with van der Waals surface area (Å²) < 4.78 is 22.9. The predicted octanol–water partition coefficient (Wildman–Crippen LogP) is 2.97. The van der Waals surface area contributed by atoms with Crippen LogP contribution in [0.25, 0.3) is 11.0 Å². The molecule has 0 saturated carbocycles. The van der Waals surface area contributed by atoms with E-state index in [1.807, 2.05) is 32.0 Å². The number of carbonyl (C=O) groups excluding carboxylic acids is 1. The van der Waals surface area contributed by atoms with Crippen LogP contribution in [0.5, 0.6) is 0 Å². The Kier molecular flexibility index (Phi) is 4.60. The zero-order valence-corrected chi connectivity index (χ0v) is 12.7. The lowest BCUT2D eigenvalue weighted by Crippen LogP contribution is -2.09. The van der Waals surface area contributed by atoms with Crippen LogP contribution in [-0.2, 0) is 26.8 Å². The van der Waals surface area contributed by atoms with E-state index in [0.717, 1.165) is 10.9 Å². The van der Waals surface area contributed by atoms with Gasteiger partial charge in [0.25, 0.3) is 0 Å². The van der Waals surface area contributed by atoms with E-state index in [-0.39, 0.29) is 12.4 Å². The van der Waals surface area contributed by atoms with Gasteiger partial charge in [0.1, 0.15) is 17.8 Å². The van der Waals surface area contributed by atoms with Gasteiger partial charge in [-0.3, -0.25) is 9.00 Å². The van der Waals surface area contributed by atoms with Crippen LogP contribution in [0.3, 0.4) is 0 Å². The first-order valence-electron chi connectivity index (χ1n) is 6.62. The summed E-state index contributed by atoms with van der Waals surface area (Å²) in [5.74, 6) is 0.570.